The fourth-order valence-corrected chi connectivity index (χ4v) is 3.95. The van der Waals surface area contributed by atoms with Gasteiger partial charge in [0.25, 0.3) is 0 Å². The lowest BCUT2D eigenvalue weighted by molar-refractivity contribution is 0.576. The van der Waals surface area contributed by atoms with Crippen LogP contribution in [-0.2, 0) is 10.0 Å². The number of aryl methyl sites for hydroxylation is 1. The highest BCUT2D eigenvalue weighted by Gasteiger charge is 2.18. The Morgan fingerprint density at radius 3 is 2.30 bits per heavy atom. The molecule has 0 heterocycles. The van der Waals surface area contributed by atoms with Crippen LogP contribution >= 0.6 is 11.6 Å². The number of rotatable bonds is 7. The summed E-state index contributed by atoms with van der Waals surface area (Å²) in [7, 11) is -3.60. The summed E-state index contributed by atoms with van der Waals surface area (Å²) in [5, 5.41) is 3.98. The molecule has 0 amide bonds. The van der Waals surface area contributed by atoms with Crippen molar-refractivity contribution in [2.45, 2.75) is 17.9 Å². The Labute approximate surface area is 165 Å². The average molecular weight is 401 g/mol. The normalized spacial score (nSPS) is 12.5. The van der Waals surface area contributed by atoms with Gasteiger partial charge >= 0.3 is 0 Å². The molecule has 1 atom stereocenters. The van der Waals surface area contributed by atoms with Gasteiger partial charge in [0.2, 0.25) is 10.0 Å². The summed E-state index contributed by atoms with van der Waals surface area (Å²) in [6.07, 6.45) is 0. The second-order valence-corrected chi connectivity index (χ2v) is 8.49. The van der Waals surface area contributed by atoms with Crippen LogP contribution < -0.4 is 10.0 Å². The molecule has 0 aliphatic carbocycles. The lowest BCUT2D eigenvalue weighted by atomic mass is 10.1. The number of sulfonamides is 1. The van der Waals surface area contributed by atoms with Gasteiger partial charge in [-0.25, -0.2) is 13.1 Å². The van der Waals surface area contributed by atoms with Crippen molar-refractivity contribution in [2.24, 2.45) is 0 Å². The molecule has 3 aromatic carbocycles. The van der Waals surface area contributed by atoms with Crippen molar-refractivity contribution in [1.82, 2.24) is 4.72 Å². The molecule has 0 radical (unpaired) electrons. The van der Waals surface area contributed by atoms with Crippen LogP contribution in [0.4, 0.5) is 5.69 Å². The number of hydrogen-bond acceptors (Lipinski definition) is 3. The zero-order valence-electron chi connectivity index (χ0n) is 14.9. The number of anilines is 1. The monoisotopic (exact) mass is 400 g/mol. The van der Waals surface area contributed by atoms with E-state index in [4.69, 9.17) is 11.6 Å². The average Bonchev–Trinajstić information content (AvgIpc) is 2.66. The predicted molar refractivity (Wildman–Crippen MR) is 111 cm³/mol. The highest BCUT2D eigenvalue weighted by Crippen LogP contribution is 2.22. The van der Waals surface area contributed by atoms with E-state index in [1.807, 2.05) is 55.5 Å². The van der Waals surface area contributed by atoms with Crippen molar-refractivity contribution in [3.8, 4) is 0 Å². The molecule has 2 N–H and O–H groups in total. The van der Waals surface area contributed by atoms with Gasteiger partial charge in [0.05, 0.1) is 10.9 Å². The summed E-state index contributed by atoms with van der Waals surface area (Å²) >= 11 is 6.07. The lowest BCUT2D eigenvalue weighted by Crippen LogP contribution is -2.31. The van der Waals surface area contributed by atoms with E-state index in [1.165, 1.54) is 0 Å². The number of hydrogen-bond donors (Lipinski definition) is 2. The maximum Gasteiger partial charge on any atom is 0.240 e. The van der Waals surface area contributed by atoms with Crippen molar-refractivity contribution >= 4 is 27.3 Å². The van der Waals surface area contributed by atoms with E-state index in [1.54, 1.807) is 30.3 Å². The molecule has 4 nitrogen and oxygen atoms in total. The molecular weight excluding hydrogens is 380 g/mol. The van der Waals surface area contributed by atoms with Crippen LogP contribution in [-0.4, -0.2) is 15.0 Å². The first-order chi connectivity index (χ1) is 12.9. The summed E-state index contributed by atoms with van der Waals surface area (Å²) in [4.78, 5) is 0.252. The van der Waals surface area contributed by atoms with Gasteiger partial charge in [-0.15, -0.1) is 0 Å². The van der Waals surface area contributed by atoms with Gasteiger partial charge in [0.15, 0.2) is 0 Å². The Balaban J connectivity index is 1.80. The van der Waals surface area contributed by atoms with Crippen molar-refractivity contribution in [3.05, 3.63) is 95.0 Å². The molecule has 0 aromatic heterocycles. The van der Waals surface area contributed by atoms with E-state index in [2.05, 4.69) is 10.0 Å². The third-order valence-electron chi connectivity index (χ3n) is 4.18. The molecule has 3 rings (SSSR count). The molecule has 6 heteroatoms. The molecule has 0 aliphatic heterocycles. The summed E-state index contributed by atoms with van der Waals surface area (Å²) in [5.74, 6) is 0. The van der Waals surface area contributed by atoms with Crippen LogP contribution in [0, 0.1) is 6.92 Å². The molecule has 0 saturated heterocycles. The molecule has 0 fully saturated rings. The first-order valence-electron chi connectivity index (χ1n) is 8.57. The van der Waals surface area contributed by atoms with Gasteiger partial charge in [0, 0.05) is 17.3 Å². The van der Waals surface area contributed by atoms with Gasteiger partial charge in [0.1, 0.15) is 0 Å². The first kappa shape index (κ1) is 19.4. The third kappa shape index (κ3) is 5.32. The van der Waals surface area contributed by atoms with E-state index in [9.17, 15) is 8.42 Å². The smallest absolute Gasteiger partial charge is 0.240 e. The standard InChI is InChI=1S/C21H21ClN2O2S/c1-16-10-12-20(13-11-16)27(25,26)23-15-21(17-6-3-2-4-7-17)24-19-9-5-8-18(22)14-19/h2-14,21,23-24H,15H2,1H3/t21-/m1/s1. The zero-order valence-corrected chi connectivity index (χ0v) is 16.5. The van der Waals surface area contributed by atoms with Crippen molar-refractivity contribution in [2.75, 3.05) is 11.9 Å². The van der Waals surface area contributed by atoms with Gasteiger partial charge in [-0.2, -0.15) is 0 Å². The Morgan fingerprint density at radius 1 is 0.926 bits per heavy atom. The molecule has 0 unspecified atom stereocenters. The van der Waals surface area contributed by atoms with Crippen molar-refractivity contribution < 1.29 is 8.42 Å². The second kappa shape index (κ2) is 8.57. The molecule has 0 saturated carbocycles. The molecule has 0 bridgehead atoms. The fraction of sp³-hybridized carbons (Fsp3) is 0.143. The molecule has 27 heavy (non-hydrogen) atoms. The second-order valence-electron chi connectivity index (χ2n) is 6.28. The minimum absolute atomic E-state index is 0.201. The topological polar surface area (TPSA) is 58.2 Å². The first-order valence-corrected chi connectivity index (χ1v) is 10.4. The Morgan fingerprint density at radius 2 is 1.63 bits per heavy atom. The van der Waals surface area contributed by atoms with Gasteiger partial charge in [-0.05, 0) is 42.8 Å². The minimum atomic E-state index is -3.60. The Bertz CT molecular complexity index is 990. The van der Waals surface area contributed by atoms with Crippen LogP contribution in [0.25, 0.3) is 0 Å². The van der Waals surface area contributed by atoms with Crippen molar-refractivity contribution in [1.29, 1.82) is 0 Å². The molecule has 3 aromatic rings. The summed E-state index contributed by atoms with van der Waals surface area (Å²) < 4.78 is 28.0. The van der Waals surface area contributed by atoms with E-state index < -0.39 is 10.0 Å². The van der Waals surface area contributed by atoms with Crippen LogP contribution in [0.1, 0.15) is 17.2 Å². The van der Waals surface area contributed by atoms with Crippen molar-refractivity contribution in [3.63, 3.8) is 0 Å². The van der Waals surface area contributed by atoms with Crippen LogP contribution in [0.5, 0.6) is 0 Å². The summed E-state index contributed by atoms with van der Waals surface area (Å²) in [6, 6.07) is 23.6. The van der Waals surface area contributed by atoms with E-state index in [-0.39, 0.29) is 17.5 Å². The highest BCUT2D eigenvalue weighted by molar-refractivity contribution is 7.89. The maximum absolute atomic E-state index is 12.6. The minimum Gasteiger partial charge on any atom is -0.377 e. The number of nitrogens with one attached hydrogen (secondary N) is 2. The maximum atomic E-state index is 12.6. The molecule has 140 valence electrons. The van der Waals surface area contributed by atoms with Crippen LogP contribution in [0.2, 0.25) is 5.02 Å². The zero-order chi connectivity index (χ0) is 19.3. The van der Waals surface area contributed by atoms with Gasteiger partial charge < -0.3 is 5.32 Å². The quantitative estimate of drug-likeness (QED) is 0.600. The number of halogens is 1. The summed E-state index contributed by atoms with van der Waals surface area (Å²) in [5.41, 5.74) is 2.81. The molecule has 0 spiro atoms. The lowest BCUT2D eigenvalue weighted by Gasteiger charge is -2.21. The van der Waals surface area contributed by atoms with Crippen LogP contribution in [0.3, 0.4) is 0 Å². The molecule has 0 aliphatic rings. The third-order valence-corrected chi connectivity index (χ3v) is 5.85. The summed E-state index contributed by atoms with van der Waals surface area (Å²) in [6.45, 7) is 2.12. The predicted octanol–water partition coefficient (Wildman–Crippen LogP) is 4.78. The van der Waals surface area contributed by atoms with E-state index in [0.29, 0.717) is 5.02 Å². The van der Waals surface area contributed by atoms with E-state index >= 15 is 0 Å². The van der Waals surface area contributed by atoms with Gasteiger partial charge in [-0.3, -0.25) is 0 Å². The number of benzene rings is 3. The Hall–Kier alpha value is -2.34. The van der Waals surface area contributed by atoms with E-state index in [0.717, 1.165) is 16.8 Å². The SMILES string of the molecule is Cc1ccc(S(=O)(=O)NC[C@@H](Nc2cccc(Cl)c2)c2ccccc2)cc1. The Kier molecular flexibility index (Phi) is 6.16. The van der Waals surface area contributed by atoms with Gasteiger partial charge in [-0.1, -0.05) is 65.7 Å². The largest absolute Gasteiger partial charge is 0.377 e. The fourth-order valence-electron chi connectivity index (χ4n) is 2.71. The van der Waals surface area contributed by atoms with Crippen LogP contribution in [0.15, 0.2) is 83.8 Å². The highest BCUT2D eigenvalue weighted by atomic mass is 35.5. The molecular formula is C21H21ClN2O2S.